The van der Waals surface area contributed by atoms with Crippen molar-refractivity contribution < 1.29 is 9.53 Å². The maximum Gasteiger partial charge on any atom is 0.220 e. The van der Waals surface area contributed by atoms with Crippen molar-refractivity contribution in [2.75, 3.05) is 6.61 Å². The minimum Gasteiger partial charge on any atom is -0.473 e. The second-order valence-electron chi connectivity index (χ2n) is 2.19. The summed E-state index contributed by atoms with van der Waals surface area (Å²) in [7, 11) is 0. The average molecular weight is 150 g/mol. The number of carbonyl (C=O) groups is 1. The number of H-pyrrole nitrogens is 1. The first-order valence-corrected chi connectivity index (χ1v) is 3.25. The number of ether oxygens (including phenoxy) is 1. The molecule has 0 unspecified atom stereocenters. The van der Waals surface area contributed by atoms with Gasteiger partial charge in [0.2, 0.25) is 5.88 Å². The van der Waals surface area contributed by atoms with Gasteiger partial charge in [-0.1, -0.05) is 0 Å². The number of allylic oxidation sites excluding steroid dienone is 1. The van der Waals surface area contributed by atoms with Crippen LogP contribution in [0, 0.1) is 0 Å². The van der Waals surface area contributed by atoms with E-state index in [4.69, 9.17) is 4.74 Å². The van der Waals surface area contributed by atoms with Gasteiger partial charge < -0.3 is 4.74 Å². The Morgan fingerprint density at radius 1 is 1.64 bits per heavy atom. The number of carbonyl (C=O) groups excluding carboxylic acids is 1. The second kappa shape index (κ2) is 2.23. The first-order valence-electron chi connectivity index (χ1n) is 3.25. The number of ketones is 1. The number of nitrogens with one attached hydrogen (secondary N) is 1. The number of aromatic amines is 1. The molecule has 0 saturated heterocycles. The Balaban J connectivity index is 2.51. The maximum atomic E-state index is 11.1. The Kier molecular flexibility index (Phi) is 1.25. The van der Waals surface area contributed by atoms with Gasteiger partial charge in [-0.25, -0.2) is 5.10 Å². The molecule has 0 radical (unpaired) electrons. The van der Waals surface area contributed by atoms with Crippen LogP contribution in [0.25, 0.3) is 0 Å². The molecule has 4 nitrogen and oxygen atoms in total. The van der Waals surface area contributed by atoms with E-state index < -0.39 is 0 Å². The standard InChI is InChI=1S/C7H6N2O2/c10-6-2-1-3-11-7-5(6)4-8-9-7/h1-2,4H,3H2,(H,8,9). The molecule has 0 atom stereocenters. The van der Waals surface area contributed by atoms with Crippen molar-refractivity contribution in [3.8, 4) is 5.88 Å². The highest BCUT2D eigenvalue weighted by atomic mass is 16.5. The van der Waals surface area contributed by atoms with Gasteiger partial charge in [0.15, 0.2) is 5.78 Å². The van der Waals surface area contributed by atoms with Gasteiger partial charge >= 0.3 is 0 Å². The maximum absolute atomic E-state index is 11.1. The minimum absolute atomic E-state index is 0.0637. The summed E-state index contributed by atoms with van der Waals surface area (Å²) in [6.45, 7) is 0.418. The van der Waals surface area contributed by atoms with Crippen LogP contribution in [0.1, 0.15) is 10.4 Å². The van der Waals surface area contributed by atoms with Crippen molar-refractivity contribution in [3.05, 3.63) is 23.9 Å². The number of aromatic nitrogens is 2. The van der Waals surface area contributed by atoms with Crippen LogP contribution in [-0.4, -0.2) is 22.6 Å². The molecule has 0 aromatic carbocycles. The Labute approximate surface area is 62.9 Å². The normalized spacial score (nSPS) is 15.5. The third kappa shape index (κ3) is 0.920. The van der Waals surface area contributed by atoms with Crippen LogP contribution in [-0.2, 0) is 0 Å². The summed E-state index contributed by atoms with van der Waals surface area (Å²) in [5.41, 5.74) is 0.499. The SMILES string of the molecule is O=C1C=CCOc2[nH]ncc21. The van der Waals surface area contributed by atoms with Gasteiger partial charge in [-0.3, -0.25) is 4.79 Å². The number of hydrogen-bond acceptors (Lipinski definition) is 3. The van der Waals surface area contributed by atoms with E-state index in [1.807, 2.05) is 0 Å². The number of nitrogens with zero attached hydrogens (tertiary/aromatic N) is 1. The zero-order valence-electron chi connectivity index (χ0n) is 5.70. The van der Waals surface area contributed by atoms with Crippen LogP contribution < -0.4 is 4.74 Å². The van der Waals surface area contributed by atoms with Crippen LogP contribution >= 0.6 is 0 Å². The van der Waals surface area contributed by atoms with E-state index in [-0.39, 0.29) is 5.78 Å². The Bertz CT molecular complexity index is 314. The summed E-state index contributed by atoms with van der Waals surface area (Å²) in [5.74, 6) is 0.395. The molecular weight excluding hydrogens is 144 g/mol. The summed E-state index contributed by atoms with van der Waals surface area (Å²) < 4.78 is 5.13. The predicted octanol–water partition coefficient (Wildman–Crippen LogP) is 0.541. The molecule has 4 heteroatoms. The van der Waals surface area contributed by atoms with Crippen molar-refractivity contribution >= 4 is 5.78 Å². The van der Waals surface area contributed by atoms with Gasteiger partial charge in [0.1, 0.15) is 12.2 Å². The molecule has 56 valence electrons. The van der Waals surface area contributed by atoms with E-state index in [1.54, 1.807) is 6.08 Å². The largest absolute Gasteiger partial charge is 0.473 e. The van der Waals surface area contributed by atoms with E-state index in [0.29, 0.717) is 18.1 Å². The van der Waals surface area contributed by atoms with Crippen molar-refractivity contribution in [2.45, 2.75) is 0 Å². The molecule has 1 aliphatic rings. The molecule has 0 aliphatic carbocycles. The highest BCUT2D eigenvalue weighted by Crippen LogP contribution is 2.16. The third-order valence-corrected chi connectivity index (χ3v) is 1.46. The molecule has 1 N–H and O–H groups in total. The zero-order chi connectivity index (χ0) is 7.68. The summed E-state index contributed by atoms with van der Waals surface area (Å²) in [6, 6.07) is 0. The van der Waals surface area contributed by atoms with E-state index in [2.05, 4.69) is 10.2 Å². The molecule has 0 spiro atoms. The molecule has 1 aliphatic heterocycles. The molecule has 2 rings (SSSR count). The lowest BCUT2D eigenvalue weighted by molar-refractivity contribution is 0.104. The van der Waals surface area contributed by atoms with Gasteiger partial charge in [0.25, 0.3) is 0 Å². The molecule has 0 bridgehead atoms. The molecular formula is C7H6N2O2. The van der Waals surface area contributed by atoms with E-state index in [0.717, 1.165) is 0 Å². The lowest BCUT2D eigenvalue weighted by atomic mass is 10.2. The molecule has 0 amide bonds. The Hall–Kier alpha value is -1.58. The van der Waals surface area contributed by atoms with Crippen LogP contribution in [0.5, 0.6) is 5.88 Å². The fourth-order valence-electron chi connectivity index (χ4n) is 0.936. The topological polar surface area (TPSA) is 55.0 Å². The number of fused-ring (bicyclic) bond motifs is 1. The van der Waals surface area contributed by atoms with Gasteiger partial charge in [-0.2, -0.15) is 5.10 Å². The summed E-state index contributed by atoms with van der Waals surface area (Å²) in [5, 5.41) is 6.29. The molecule has 1 aromatic rings. The molecule has 11 heavy (non-hydrogen) atoms. The minimum atomic E-state index is -0.0637. The molecule has 0 saturated carbocycles. The Morgan fingerprint density at radius 3 is 3.45 bits per heavy atom. The van der Waals surface area contributed by atoms with Gasteiger partial charge in [-0.05, 0) is 12.2 Å². The quantitative estimate of drug-likeness (QED) is 0.587. The molecule has 1 aromatic heterocycles. The van der Waals surface area contributed by atoms with Gasteiger partial charge in [0, 0.05) is 0 Å². The smallest absolute Gasteiger partial charge is 0.220 e. The van der Waals surface area contributed by atoms with Crippen molar-refractivity contribution in [1.29, 1.82) is 0 Å². The first kappa shape index (κ1) is 6.15. The summed E-state index contributed by atoms with van der Waals surface area (Å²) in [6.07, 6.45) is 4.63. The van der Waals surface area contributed by atoms with Crippen LogP contribution in [0.3, 0.4) is 0 Å². The van der Waals surface area contributed by atoms with Crippen LogP contribution in [0.2, 0.25) is 0 Å². The number of hydrogen-bond donors (Lipinski definition) is 1. The fourth-order valence-corrected chi connectivity index (χ4v) is 0.936. The third-order valence-electron chi connectivity index (χ3n) is 1.46. The fraction of sp³-hybridized carbons (Fsp3) is 0.143. The highest BCUT2D eigenvalue weighted by molar-refractivity contribution is 6.06. The van der Waals surface area contributed by atoms with Crippen molar-refractivity contribution in [3.63, 3.8) is 0 Å². The second-order valence-corrected chi connectivity index (χ2v) is 2.19. The van der Waals surface area contributed by atoms with E-state index in [9.17, 15) is 4.79 Å². The van der Waals surface area contributed by atoms with E-state index in [1.165, 1.54) is 12.3 Å². The molecule has 0 fully saturated rings. The van der Waals surface area contributed by atoms with Gasteiger partial charge in [-0.15, -0.1) is 0 Å². The lowest BCUT2D eigenvalue weighted by Gasteiger charge is -1.96. The van der Waals surface area contributed by atoms with Crippen molar-refractivity contribution in [1.82, 2.24) is 10.2 Å². The van der Waals surface area contributed by atoms with E-state index >= 15 is 0 Å². The highest BCUT2D eigenvalue weighted by Gasteiger charge is 2.13. The molecule has 2 heterocycles. The van der Waals surface area contributed by atoms with Crippen LogP contribution in [0.15, 0.2) is 18.3 Å². The van der Waals surface area contributed by atoms with Gasteiger partial charge in [0.05, 0.1) is 6.20 Å². The zero-order valence-corrected chi connectivity index (χ0v) is 5.70. The van der Waals surface area contributed by atoms with Crippen LogP contribution in [0.4, 0.5) is 0 Å². The predicted molar refractivity (Wildman–Crippen MR) is 37.6 cm³/mol. The lowest BCUT2D eigenvalue weighted by Crippen LogP contribution is -1.94. The first-order chi connectivity index (χ1) is 5.38. The Morgan fingerprint density at radius 2 is 2.55 bits per heavy atom. The summed E-state index contributed by atoms with van der Waals surface area (Å²) >= 11 is 0. The van der Waals surface area contributed by atoms with Crippen molar-refractivity contribution in [2.24, 2.45) is 0 Å². The average Bonchev–Trinajstić information content (AvgIpc) is 2.40. The monoisotopic (exact) mass is 150 g/mol. The number of rotatable bonds is 0. The summed E-state index contributed by atoms with van der Waals surface area (Å²) in [4.78, 5) is 11.1.